The Labute approximate surface area is 155 Å². The molecule has 0 aliphatic carbocycles. The predicted octanol–water partition coefficient (Wildman–Crippen LogP) is 3.88. The van der Waals surface area contributed by atoms with Crippen LogP contribution in [0.4, 0.5) is 10.1 Å². The van der Waals surface area contributed by atoms with Gasteiger partial charge in [0.05, 0.1) is 7.11 Å². The van der Waals surface area contributed by atoms with Crippen molar-refractivity contribution in [1.29, 1.82) is 0 Å². The number of carbonyl (C=O) groups excluding carboxylic acids is 1. The van der Waals surface area contributed by atoms with Gasteiger partial charge < -0.3 is 14.5 Å². The molecule has 26 heavy (non-hydrogen) atoms. The molecule has 4 nitrogen and oxygen atoms in total. The maximum atomic E-state index is 13.8. The van der Waals surface area contributed by atoms with E-state index in [9.17, 15) is 9.18 Å². The minimum Gasteiger partial charge on any atom is -0.494 e. The van der Waals surface area contributed by atoms with Crippen LogP contribution >= 0.6 is 0 Å². The molecule has 0 aliphatic heterocycles. The molecule has 2 aromatic rings. The highest BCUT2D eigenvalue weighted by molar-refractivity contribution is 5.76. The van der Waals surface area contributed by atoms with Gasteiger partial charge in [0, 0.05) is 39.3 Å². The zero-order valence-electron chi connectivity index (χ0n) is 16.0. The number of aryl methyl sites for hydroxylation is 1. The SMILES string of the molecule is CCN(Cc1ccc(N(C)C)cc1)C(=O)CCc1ccc(OC)c(F)c1. The van der Waals surface area contributed by atoms with Gasteiger partial charge in [-0.05, 0) is 48.7 Å². The fraction of sp³-hybridized carbons (Fsp3) is 0.381. The highest BCUT2D eigenvalue weighted by atomic mass is 19.1. The summed E-state index contributed by atoms with van der Waals surface area (Å²) in [5.74, 6) is -0.109. The number of hydrogen-bond acceptors (Lipinski definition) is 3. The highest BCUT2D eigenvalue weighted by Gasteiger charge is 2.13. The van der Waals surface area contributed by atoms with Crippen LogP contribution in [0.25, 0.3) is 0 Å². The zero-order chi connectivity index (χ0) is 19.1. The van der Waals surface area contributed by atoms with Gasteiger partial charge >= 0.3 is 0 Å². The molecule has 0 aromatic heterocycles. The van der Waals surface area contributed by atoms with Gasteiger partial charge in [0.1, 0.15) is 0 Å². The predicted molar refractivity (Wildman–Crippen MR) is 103 cm³/mol. The van der Waals surface area contributed by atoms with Crippen molar-refractivity contribution < 1.29 is 13.9 Å². The largest absolute Gasteiger partial charge is 0.494 e. The van der Waals surface area contributed by atoms with E-state index in [1.165, 1.54) is 13.2 Å². The topological polar surface area (TPSA) is 32.8 Å². The van der Waals surface area contributed by atoms with Crippen molar-refractivity contribution in [2.45, 2.75) is 26.3 Å². The molecular weight excluding hydrogens is 331 g/mol. The summed E-state index contributed by atoms with van der Waals surface area (Å²) in [6.45, 7) is 3.20. The van der Waals surface area contributed by atoms with Gasteiger partial charge in [-0.15, -0.1) is 0 Å². The zero-order valence-corrected chi connectivity index (χ0v) is 16.0. The normalized spacial score (nSPS) is 10.5. The number of methoxy groups -OCH3 is 1. The molecule has 0 saturated carbocycles. The van der Waals surface area contributed by atoms with Crippen LogP contribution in [-0.2, 0) is 17.8 Å². The molecule has 0 aliphatic rings. The van der Waals surface area contributed by atoms with Gasteiger partial charge in [-0.25, -0.2) is 4.39 Å². The van der Waals surface area contributed by atoms with Crippen molar-refractivity contribution in [2.24, 2.45) is 0 Å². The Morgan fingerprint density at radius 3 is 2.27 bits per heavy atom. The summed E-state index contributed by atoms with van der Waals surface area (Å²) in [6.07, 6.45) is 0.866. The number of ether oxygens (including phenoxy) is 1. The van der Waals surface area contributed by atoms with E-state index in [2.05, 4.69) is 0 Å². The van der Waals surface area contributed by atoms with Gasteiger partial charge in [0.25, 0.3) is 0 Å². The van der Waals surface area contributed by atoms with Crippen LogP contribution in [0.5, 0.6) is 5.75 Å². The van der Waals surface area contributed by atoms with Crippen molar-refractivity contribution in [3.63, 3.8) is 0 Å². The minimum absolute atomic E-state index is 0.0698. The Morgan fingerprint density at radius 2 is 1.73 bits per heavy atom. The number of carbonyl (C=O) groups is 1. The Bertz CT molecular complexity index is 729. The molecule has 1 amide bonds. The average molecular weight is 358 g/mol. The van der Waals surface area contributed by atoms with Crippen LogP contribution < -0.4 is 9.64 Å². The second-order valence-electron chi connectivity index (χ2n) is 6.44. The molecule has 0 bridgehead atoms. The second-order valence-corrected chi connectivity index (χ2v) is 6.44. The van der Waals surface area contributed by atoms with E-state index in [0.29, 0.717) is 25.9 Å². The van der Waals surface area contributed by atoms with Crippen LogP contribution in [0, 0.1) is 5.82 Å². The van der Waals surface area contributed by atoms with Gasteiger partial charge in [0.2, 0.25) is 5.91 Å². The van der Waals surface area contributed by atoms with Crippen molar-refractivity contribution >= 4 is 11.6 Å². The van der Waals surface area contributed by atoms with Gasteiger partial charge in [-0.3, -0.25) is 4.79 Å². The molecule has 140 valence electrons. The molecule has 0 atom stereocenters. The molecule has 0 radical (unpaired) electrons. The third-order valence-corrected chi connectivity index (χ3v) is 4.40. The summed E-state index contributed by atoms with van der Waals surface area (Å²) >= 11 is 0. The molecule has 0 N–H and O–H groups in total. The maximum absolute atomic E-state index is 13.8. The average Bonchev–Trinajstić information content (AvgIpc) is 2.64. The first-order valence-electron chi connectivity index (χ1n) is 8.81. The molecule has 0 spiro atoms. The van der Waals surface area contributed by atoms with Crippen molar-refractivity contribution in [3.8, 4) is 5.75 Å². The number of rotatable bonds is 8. The lowest BCUT2D eigenvalue weighted by molar-refractivity contribution is -0.131. The highest BCUT2D eigenvalue weighted by Crippen LogP contribution is 2.19. The molecular formula is C21H27FN2O2. The third-order valence-electron chi connectivity index (χ3n) is 4.40. The molecule has 5 heteroatoms. The fourth-order valence-corrected chi connectivity index (χ4v) is 2.77. The number of halogens is 1. The van der Waals surface area contributed by atoms with Crippen LogP contribution in [0.1, 0.15) is 24.5 Å². The number of benzene rings is 2. The third kappa shape index (κ3) is 5.22. The number of amides is 1. The summed E-state index contributed by atoms with van der Waals surface area (Å²) in [4.78, 5) is 16.4. The maximum Gasteiger partial charge on any atom is 0.223 e. The van der Waals surface area contributed by atoms with Crippen LogP contribution in [0.15, 0.2) is 42.5 Å². The lowest BCUT2D eigenvalue weighted by atomic mass is 10.1. The van der Waals surface area contributed by atoms with Crippen LogP contribution in [-0.4, -0.2) is 38.6 Å². The molecule has 2 aromatic carbocycles. The summed E-state index contributed by atoms with van der Waals surface area (Å²) < 4.78 is 18.7. The summed E-state index contributed by atoms with van der Waals surface area (Å²) in [5.41, 5.74) is 3.02. The van der Waals surface area contributed by atoms with Crippen molar-refractivity contribution in [2.75, 3.05) is 32.6 Å². The van der Waals surface area contributed by atoms with E-state index < -0.39 is 5.82 Å². The van der Waals surface area contributed by atoms with Gasteiger partial charge in [-0.1, -0.05) is 18.2 Å². The Hall–Kier alpha value is -2.56. The number of hydrogen-bond donors (Lipinski definition) is 0. The fourth-order valence-electron chi connectivity index (χ4n) is 2.77. The van der Waals surface area contributed by atoms with E-state index in [1.807, 2.05) is 55.1 Å². The quantitative estimate of drug-likeness (QED) is 0.718. The summed E-state index contributed by atoms with van der Waals surface area (Å²) in [6, 6.07) is 13.0. The van der Waals surface area contributed by atoms with E-state index in [4.69, 9.17) is 4.74 Å². The molecule has 0 fully saturated rings. The Morgan fingerprint density at radius 1 is 1.08 bits per heavy atom. The lowest BCUT2D eigenvalue weighted by Gasteiger charge is -2.22. The molecule has 0 saturated heterocycles. The summed E-state index contributed by atoms with van der Waals surface area (Å²) in [5, 5.41) is 0. The van der Waals surface area contributed by atoms with E-state index in [-0.39, 0.29) is 11.7 Å². The Kier molecular flexibility index (Phi) is 7.01. The van der Waals surface area contributed by atoms with Gasteiger partial charge in [-0.2, -0.15) is 0 Å². The Balaban J connectivity index is 1.94. The van der Waals surface area contributed by atoms with E-state index in [1.54, 1.807) is 12.1 Å². The van der Waals surface area contributed by atoms with E-state index >= 15 is 0 Å². The number of anilines is 1. The second kappa shape index (κ2) is 9.22. The monoisotopic (exact) mass is 358 g/mol. The standard InChI is InChI=1S/C21H27FN2O2/c1-5-24(15-17-6-10-18(11-7-17)23(2)3)21(25)13-9-16-8-12-20(26-4)19(22)14-16/h6-8,10-12,14H,5,9,13,15H2,1-4H3. The first-order valence-corrected chi connectivity index (χ1v) is 8.81. The van der Waals surface area contributed by atoms with E-state index in [0.717, 1.165) is 16.8 Å². The first kappa shape index (κ1) is 19.8. The smallest absolute Gasteiger partial charge is 0.223 e. The molecule has 0 unspecified atom stereocenters. The summed E-state index contributed by atoms with van der Waals surface area (Å²) in [7, 11) is 5.43. The van der Waals surface area contributed by atoms with Gasteiger partial charge in [0.15, 0.2) is 11.6 Å². The van der Waals surface area contributed by atoms with Crippen LogP contribution in [0.2, 0.25) is 0 Å². The number of nitrogens with zero attached hydrogens (tertiary/aromatic N) is 2. The van der Waals surface area contributed by atoms with Crippen molar-refractivity contribution in [3.05, 3.63) is 59.4 Å². The minimum atomic E-state index is -0.397. The molecule has 2 rings (SSSR count). The van der Waals surface area contributed by atoms with Crippen LogP contribution in [0.3, 0.4) is 0 Å². The molecule has 0 heterocycles. The lowest BCUT2D eigenvalue weighted by Crippen LogP contribution is -2.30. The first-order chi connectivity index (χ1) is 12.4. The van der Waals surface area contributed by atoms with Crippen molar-refractivity contribution in [1.82, 2.24) is 4.90 Å².